The molecule has 0 saturated carbocycles. The van der Waals surface area contributed by atoms with E-state index in [9.17, 15) is 4.79 Å². The molecule has 0 heterocycles. The number of carbonyl (C=O) groups excluding carboxylic acids is 1. The van der Waals surface area contributed by atoms with Crippen molar-refractivity contribution in [2.24, 2.45) is 0 Å². The number of carbonyl (C=O) groups is 1. The number of aryl methyl sites for hydroxylation is 1. The Labute approximate surface area is 127 Å². The van der Waals surface area contributed by atoms with E-state index < -0.39 is 0 Å². The van der Waals surface area contributed by atoms with Gasteiger partial charge in [0.25, 0.3) is 5.91 Å². The van der Waals surface area contributed by atoms with Gasteiger partial charge in [-0.05, 0) is 42.8 Å². The molecule has 0 aliphatic heterocycles. The Bertz CT molecular complexity index is 626. The zero-order valence-electron chi connectivity index (χ0n) is 10.1. The van der Waals surface area contributed by atoms with Crippen LogP contribution in [0.4, 0.5) is 5.69 Å². The summed E-state index contributed by atoms with van der Waals surface area (Å²) >= 11 is 16.4. The smallest absolute Gasteiger partial charge is 0.255 e. The van der Waals surface area contributed by atoms with E-state index in [0.717, 1.165) is 10.5 Å². The van der Waals surface area contributed by atoms with Gasteiger partial charge in [-0.15, -0.1) is 12.6 Å². The van der Waals surface area contributed by atoms with Gasteiger partial charge in [0.15, 0.2) is 0 Å². The lowest BCUT2D eigenvalue weighted by molar-refractivity contribution is 0.102. The van der Waals surface area contributed by atoms with Crippen molar-refractivity contribution in [2.75, 3.05) is 5.32 Å². The standard InChI is InChI=1S/C14H11Cl2NOS/c1-8-2-7-11(15)13(12(8)16)17-14(18)9-3-5-10(19)6-4-9/h2-7,19H,1H3,(H,17,18). The van der Waals surface area contributed by atoms with Gasteiger partial charge in [0, 0.05) is 10.5 Å². The fraction of sp³-hybridized carbons (Fsp3) is 0.0714. The molecular weight excluding hydrogens is 301 g/mol. The maximum Gasteiger partial charge on any atom is 0.255 e. The first kappa shape index (κ1) is 14.3. The lowest BCUT2D eigenvalue weighted by Gasteiger charge is -2.11. The van der Waals surface area contributed by atoms with Crippen LogP contribution in [0.3, 0.4) is 0 Å². The van der Waals surface area contributed by atoms with Crippen LogP contribution in [0.15, 0.2) is 41.3 Å². The van der Waals surface area contributed by atoms with Crippen molar-refractivity contribution in [3.05, 3.63) is 57.6 Å². The Hall–Kier alpha value is -1.16. The van der Waals surface area contributed by atoms with Gasteiger partial charge in [-0.1, -0.05) is 29.3 Å². The average Bonchev–Trinajstić information content (AvgIpc) is 2.40. The second-order valence-corrected chi connectivity index (χ2v) is 5.36. The summed E-state index contributed by atoms with van der Waals surface area (Å²) in [4.78, 5) is 12.9. The molecule has 2 rings (SSSR count). The molecule has 5 heteroatoms. The SMILES string of the molecule is Cc1ccc(Cl)c(NC(=O)c2ccc(S)cc2)c1Cl. The van der Waals surface area contributed by atoms with E-state index in [4.69, 9.17) is 23.2 Å². The summed E-state index contributed by atoms with van der Waals surface area (Å²) in [5.41, 5.74) is 1.81. The molecular formula is C14H11Cl2NOS. The van der Waals surface area contributed by atoms with Gasteiger partial charge in [0.2, 0.25) is 0 Å². The summed E-state index contributed by atoms with van der Waals surface area (Å²) in [7, 11) is 0. The lowest BCUT2D eigenvalue weighted by atomic mass is 10.2. The molecule has 0 aliphatic rings. The second kappa shape index (κ2) is 5.87. The van der Waals surface area contributed by atoms with Crippen molar-refractivity contribution in [3.8, 4) is 0 Å². The van der Waals surface area contributed by atoms with Gasteiger partial charge >= 0.3 is 0 Å². The number of anilines is 1. The van der Waals surface area contributed by atoms with Crippen LogP contribution < -0.4 is 5.32 Å². The molecule has 0 fully saturated rings. The Morgan fingerprint density at radius 2 is 1.74 bits per heavy atom. The zero-order chi connectivity index (χ0) is 14.0. The monoisotopic (exact) mass is 311 g/mol. The number of hydrogen-bond acceptors (Lipinski definition) is 2. The van der Waals surface area contributed by atoms with E-state index in [-0.39, 0.29) is 5.91 Å². The van der Waals surface area contributed by atoms with Crippen molar-refractivity contribution in [2.45, 2.75) is 11.8 Å². The molecule has 0 aliphatic carbocycles. The number of amides is 1. The van der Waals surface area contributed by atoms with Gasteiger partial charge in [-0.25, -0.2) is 0 Å². The third-order valence-electron chi connectivity index (χ3n) is 2.65. The van der Waals surface area contributed by atoms with Crippen LogP contribution in [0.25, 0.3) is 0 Å². The van der Waals surface area contributed by atoms with E-state index in [1.54, 1.807) is 36.4 Å². The molecule has 0 spiro atoms. The summed E-state index contributed by atoms with van der Waals surface area (Å²) in [5.74, 6) is -0.261. The molecule has 1 amide bonds. The highest BCUT2D eigenvalue weighted by Gasteiger charge is 2.13. The average molecular weight is 312 g/mol. The number of thiol groups is 1. The Balaban J connectivity index is 2.29. The summed E-state index contributed by atoms with van der Waals surface area (Å²) < 4.78 is 0. The molecule has 0 aromatic heterocycles. The molecule has 2 nitrogen and oxygen atoms in total. The highest BCUT2D eigenvalue weighted by molar-refractivity contribution is 7.80. The van der Waals surface area contributed by atoms with Crippen LogP contribution in [0.5, 0.6) is 0 Å². The van der Waals surface area contributed by atoms with Gasteiger partial charge in [-0.3, -0.25) is 4.79 Å². The van der Waals surface area contributed by atoms with Crippen LogP contribution in [0.2, 0.25) is 10.0 Å². The molecule has 2 aromatic carbocycles. The highest BCUT2D eigenvalue weighted by atomic mass is 35.5. The van der Waals surface area contributed by atoms with Gasteiger partial charge in [0.05, 0.1) is 15.7 Å². The first-order valence-electron chi connectivity index (χ1n) is 5.54. The van der Waals surface area contributed by atoms with Crippen molar-refractivity contribution in [1.82, 2.24) is 0 Å². The normalized spacial score (nSPS) is 10.3. The number of nitrogens with one attached hydrogen (secondary N) is 1. The van der Waals surface area contributed by atoms with E-state index in [0.29, 0.717) is 21.3 Å². The van der Waals surface area contributed by atoms with Crippen LogP contribution in [0, 0.1) is 6.92 Å². The fourth-order valence-electron chi connectivity index (χ4n) is 1.57. The van der Waals surface area contributed by atoms with Crippen molar-refractivity contribution in [1.29, 1.82) is 0 Å². The Kier molecular flexibility index (Phi) is 4.40. The van der Waals surface area contributed by atoms with E-state index >= 15 is 0 Å². The summed E-state index contributed by atoms with van der Waals surface area (Å²) in [5, 5.41) is 3.59. The molecule has 0 saturated heterocycles. The molecule has 98 valence electrons. The lowest BCUT2D eigenvalue weighted by Crippen LogP contribution is -2.12. The fourth-order valence-corrected chi connectivity index (χ4v) is 2.18. The van der Waals surface area contributed by atoms with Crippen molar-refractivity contribution in [3.63, 3.8) is 0 Å². The van der Waals surface area contributed by atoms with Crippen molar-refractivity contribution >= 4 is 47.4 Å². The Morgan fingerprint density at radius 1 is 1.11 bits per heavy atom. The third-order valence-corrected chi connectivity index (χ3v) is 3.75. The van der Waals surface area contributed by atoms with Crippen LogP contribution in [-0.4, -0.2) is 5.91 Å². The second-order valence-electron chi connectivity index (χ2n) is 4.05. The first-order chi connectivity index (χ1) is 8.99. The number of halogens is 2. The summed E-state index contributed by atoms with van der Waals surface area (Å²) in [6.07, 6.45) is 0. The van der Waals surface area contributed by atoms with E-state index in [2.05, 4.69) is 17.9 Å². The quantitative estimate of drug-likeness (QED) is 0.763. The van der Waals surface area contributed by atoms with Gasteiger partial charge in [-0.2, -0.15) is 0 Å². The van der Waals surface area contributed by atoms with Gasteiger partial charge < -0.3 is 5.32 Å². The predicted molar refractivity (Wildman–Crippen MR) is 82.8 cm³/mol. The first-order valence-corrected chi connectivity index (χ1v) is 6.74. The molecule has 0 unspecified atom stereocenters. The molecule has 0 bridgehead atoms. The topological polar surface area (TPSA) is 29.1 Å². The minimum atomic E-state index is -0.261. The maximum absolute atomic E-state index is 12.1. The van der Waals surface area contributed by atoms with Crippen LogP contribution >= 0.6 is 35.8 Å². The minimum Gasteiger partial charge on any atom is -0.319 e. The minimum absolute atomic E-state index is 0.261. The molecule has 0 atom stereocenters. The van der Waals surface area contributed by atoms with E-state index in [1.165, 1.54) is 0 Å². The zero-order valence-corrected chi connectivity index (χ0v) is 12.5. The molecule has 1 N–H and O–H groups in total. The van der Waals surface area contributed by atoms with Gasteiger partial charge in [0.1, 0.15) is 0 Å². The maximum atomic E-state index is 12.1. The number of benzene rings is 2. The van der Waals surface area contributed by atoms with Crippen LogP contribution in [0.1, 0.15) is 15.9 Å². The Morgan fingerprint density at radius 3 is 2.37 bits per heavy atom. The number of hydrogen-bond donors (Lipinski definition) is 2. The molecule has 0 radical (unpaired) electrons. The number of rotatable bonds is 2. The van der Waals surface area contributed by atoms with E-state index in [1.807, 2.05) is 6.92 Å². The molecule has 2 aromatic rings. The highest BCUT2D eigenvalue weighted by Crippen LogP contribution is 2.33. The predicted octanol–water partition coefficient (Wildman–Crippen LogP) is 4.84. The van der Waals surface area contributed by atoms with Crippen LogP contribution in [-0.2, 0) is 0 Å². The largest absolute Gasteiger partial charge is 0.319 e. The molecule has 19 heavy (non-hydrogen) atoms. The van der Waals surface area contributed by atoms with Crippen molar-refractivity contribution < 1.29 is 4.79 Å². The summed E-state index contributed by atoms with van der Waals surface area (Å²) in [6.45, 7) is 1.85. The summed E-state index contributed by atoms with van der Waals surface area (Å²) in [6, 6.07) is 10.4. The third kappa shape index (κ3) is 3.24.